The number of benzene rings is 2. The van der Waals surface area contributed by atoms with Crippen LogP contribution in [-0.4, -0.2) is 47.2 Å². The van der Waals surface area contributed by atoms with Crippen molar-refractivity contribution in [2.75, 3.05) is 36.4 Å². The molecule has 2 aromatic carbocycles. The molecule has 1 N–H and O–H groups in total. The summed E-state index contributed by atoms with van der Waals surface area (Å²) in [5, 5.41) is 11.8. The van der Waals surface area contributed by atoms with Crippen LogP contribution in [-0.2, 0) is 6.54 Å². The fourth-order valence-electron chi connectivity index (χ4n) is 3.32. The molecule has 1 aromatic heterocycles. The van der Waals surface area contributed by atoms with Crippen LogP contribution in [0, 0.1) is 5.82 Å². The van der Waals surface area contributed by atoms with Gasteiger partial charge in [-0.2, -0.15) is 0 Å². The number of amides is 1. The van der Waals surface area contributed by atoms with Crippen LogP contribution in [0.5, 0.6) is 0 Å². The van der Waals surface area contributed by atoms with Crippen molar-refractivity contribution >= 4 is 17.5 Å². The van der Waals surface area contributed by atoms with Gasteiger partial charge in [0.2, 0.25) is 0 Å². The van der Waals surface area contributed by atoms with Gasteiger partial charge in [0, 0.05) is 32.7 Å². The lowest BCUT2D eigenvalue weighted by Gasteiger charge is -2.35. The number of hydrogen-bond donors (Lipinski definition) is 1. The fraction of sp³-hybridized carbons (Fsp3) is 0.227. The molecule has 0 saturated carbocycles. The minimum Gasteiger partial charge on any atom is -0.365 e. The van der Waals surface area contributed by atoms with Crippen molar-refractivity contribution in [2.24, 2.45) is 0 Å². The Morgan fingerprint density at radius 1 is 0.897 bits per heavy atom. The zero-order valence-corrected chi connectivity index (χ0v) is 16.0. The molecule has 0 radical (unpaired) electrons. The number of nitrogens with zero attached hydrogens (tertiary/aromatic N) is 4. The highest BCUT2D eigenvalue weighted by Crippen LogP contribution is 2.17. The molecule has 1 fully saturated rings. The number of nitrogens with one attached hydrogen (secondary N) is 1. The summed E-state index contributed by atoms with van der Waals surface area (Å²) in [5.41, 5.74) is 1.30. The van der Waals surface area contributed by atoms with E-state index >= 15 is 0 Å². The van der Waals surface area contributed by atoms with E-state index in [1.807, 2.05) is 30.3 Å². The smallest absolute Gasteiger partial charge is 0.256 e. The van der Waals surface area contributed by atoms with Crippen LogP contribution in [0.2, 0.25) is 0 Å². The molecule has 29 heavy (non-hydrogen) atoms. The predicted octanol–water partition coefficient (Wildman–Crippen LogP) is 3.19. The van der Waals surface area contributed by atoms with Gasteiger partial charge >= 0.3 is 0 Å². The minimum absolute atomic E-state index is 0.120. The Balaban J connectivity index is 1.31. The van der Waals surface area contributed by atoms with E-state index in [9.17, 15) is 9.18 Å². The van der Waals surface area contributed by atoms with Crippen LogP contribution in [0.1, 0.15) is 15.9 Å². The lowest BCUT2D eigenvalue weighted by molar-refractivity contribution is 0.0742. The third-order valence-electron chi connectivity index (χ3n) is 4.96. The Morgan fingerprint density at radius 2 is 1.62 bits per heavy atom. The summed E-state index contributed by atoms with van der Waals surface area (Å²) >= 11 is 0. The summed E-state index contributed by atoms with van der Waals surface area (Å²) in [6.07, 6.45) is 0. The molecule has 6 nitrogen and oxygen atoms in total. The second kappa shape index (κ2) is 8.68. The lowest BCUT2D eigenvalue weighted by Crippen LogP contribution is -2.49. The first-order valence-corrected chi connectivity index (χ1v) is 9.61. The maximum atomic E-state index is 13.9. The Labute approximate surface area is 169 Å². The van der Waals surface area contributed by atoms with Crippen molar-refractivity contribution in [2.45, 2.75) is 6.54 Å². The molecule has 1 aliphatic heterocycles. The molecule has 2 heterocycles. The average molecular weight is 391 g/mol. The third-order valence-corrected chi connectivity index (χ3v) is 4.96. The predicted molar refractivity (Wildman–Crippen MR) is 110 cm³/mol. The van der Waals surface area contributed by atoms with Crippen LogP contribution >= 0.6 is 0 Å². The van der Waals surface area contributed by atoms with E-state index in [0.717, 1.165) is 5.82 Å². The van der Waals surface area contributed by atoms with Crippen LogP contribution < -0.4 is 10.2 Å². The van der Waals surface area contributed by atoms with Gasteiger partial charge in [0.05, 0.1) is 5.56 Å². The van der Waals surface area contributed by atoms with Crippen molar-refractivity contribution in [3.05, 3.63) is 83.7 Å². The average Bonchev–Trinajstić information content (AvgIpc) is 2.79. The first kappa shape index (κ1) is 18.9. The van der Waals surface area contributed by atoms with E-state index in [1.54, 1.807) is 17.0 Å². The summed E-state index contributed by atoms with van der Waals surface area (Å²) in [5.74, 6) is 0.734. The minimum atomic E-state index is -0.482. The Hall–Kier alpha value is -3.48. The van der Waals surface area contributed by atoms with E-state index in [2.05, 4.69) is 32.5 Å². The topological polar surface area (TPSA) is 61.4 Å². The van der Waals surface area contributed by atoms with Gasteiger partial charge in [-0.25, -0.2) is 4.39 Å². The van der Waals surface area contributed by atoms with Gasteiger partial charge in [-0.3, -0.25) is 4.79 Å². The number of hydrogen-bond acceptors (Lipinski definition) is 5. The van der Waals surface area contributed by atoms with E-state index < -0.39 is 5.82 Å². The molecule has 1 saturated heterocycles. The van der Waals surface area contributed by atoms with Gasteiger partial charge in [0.15, 0.2) is 5.82 Å². The zero-order chi connectivity index (χ0) is 20.1. The molecule has 0 spiro atoms. The molecule has 0 atom stereocenters. The number of halogens is 1. The van der Waals surface area contributed by atoms with E-state index in [-0.39, 0.29) is 11.5 Å². The first-order chi connectivity index (χ1) is 14.2. The van der Waals surface area contributed by atoms with Crippen molar-refractivity contribution in [1.29, 1.82) is 0 Å². The Morgan fingerprint density at radius 3 is 2.31 bits per heavy atom. The quantitative estimate of drug-likeness (QED) is 0.724. The molecular weight excluding hydrogens is 369 g/mol. The monoisotopic (exact) mass is 391 g/mol. The molecule has 0 bridgehead atoms. The lowest BCUT2D eigenvalue weighted by atomic mass is 10.1. The van der Waals surface area contributed by atoms with Crippen molar-refractivity contribution in [3.8, 4) is 0 Å². The largest absolute Gasteiger partial charge is 0.365 e. The SMILES string of the molecule is O=C(c1ccccc1F)N1CCN(c2ccc(NCc3ccccc3)nn2)CC1. The van der Waals surface area contributed by atoms with Gasteiger partial charge in [-0.05, 0) is 29.8 Å². The van der Waals surface area contributed by atoms with Crippen molar-refractivity contribution < 1.29 is 9.18 Å². The molecule has 0 aliphatic carbocycles. The normalized spacial score (nSPS) is 14.0. The van der Waals surface area contributed by atoms with Gasteiger partial charge in [0.25, 0.3) is 5.91 Å². The Kier molecular flexibility index (Phi) is 5.65. The number of carbonyl (C=O) groups excluding carboxylic acids is 1. The van der Waals surface area contributed by atoms with Crippen LogP contribution in [0.15, 0.2) is 66.7 Å². The van der Waals surface area contributed by atoms with E-state index in [0.29, 0.717) is 38.5 Å². The molecule has 0 unspecified atom stereocenters. The second-order valence-corrected chi connectivity index (χ2v) is 6.88. The molecule has 148 valence electrons. The zero-order valence-electron chi connectivity index (χ0n) is 16.0. The molecule has 1 aliphatic rings. The number of aromatic nitrogens is 2. The van der Waals surface area contributed by atoms with Crippen LogP contribution in [0.4, 0.5) is 16.0 Å². The van der Waals surface area contributed by atoms with Crippen molar-refractivity contribution in [1.82, 2.24) is 15.1 Å². The number of piperazine rings is 1. The van der Waals surface area contributed by atoms with Gasteiger partial charge < -0.3 is 15.1 Å². The van der Waals surface area contributed by atoms with Crippen molar-refractivity contribution in [3.63, 3.8) is 0 Å². The maximum absolute atomic E-state index is 13.9. The molecule has 3 aromatic rings. The number of anilines is 2. The summed E-state index contributed by atoms with van der Waals surface area (Å²) < 4.78 is 13.9. The summed E-state index contributed by atoms with van der Waals surface area (Å²) in [4.78, 5) is 16.3. The van der Waals surface area contributed by atoms with Crippen LogP contribution in [0.25, 0.3) is 0 Å². The van der Waals surface area contributed by atoms with Gasteiger partial charge in [-0.15, -0.1) is 10.2 Å². The first-order valence-electron chi connectivity index (χ1n) is 9.61. The maximum Gasteiger partial charge on any atom is 0.256 e. The molecular formula is C22H22FN5O. The summed E-state index contributed by atoms with van der Waals surface area (Å²) in [7, 11) is 0. The summed E-state index contributed by atoms with van der Waals surface area (Å²) in [6, 6.07) is 20.0. The standard InChI is InChI=1S/C22H22FN5O/c23-19-9-5-4-8-18(19)22(29)28-14-12-27(13-15-28)21-11-10-20(25-26-21)24-16-17-6-2-1-3-7-17/h1-11H,12-16H2,(H,24,25). The third kappa shape index (κ3) is 4.51. The van der Waals surface area contributed by atoms with Gasteiger partial charge in [0.1, 0.15) is 11.6 Å². The second-order valence-electron chi connectivity index (χ2n) is 6.88. The number of rotatable bonds is 5. The fourth-order valence-corrected chi connectivity index (χ4v) is 3.32. The number of carbonyl (C=O) groups is 1. The molecule has 7 heteroatoms. The van der Waals surface area contributed by atoms with Crippen LogP contribution in [0.3, 0.4) is 0 Å². The highest BCUT2D eigenvalue weighted by Gasteiger charge is 2.24. The highest BCUT2D eigenvalue weighted by atomic mass is 19.1. The molecule has 4 rings (SSSR count). The summed E-state index contributed by atoms with van der Waals surface area (Å²) in [6.45, 7) is 2.98. The highest BCUT2D eigenvalue weighted by molar-refractivity contribution is 5.94. The van der Waals surface area contributed by atoms with Gasteiger partial charge in [-0.1, -0.05) is 42.5 Å². The van der Waals surface area contributed by atoms with E-state index in [1.165, 1.54) is 17.7 Å². The van der Waals surface area contributed by atoms with E-state index in [4.69, 9.17) is 0 Å². The Bertz CT molecular complexity index is 956. The molecule has 1 amide bonds.